The van der Waals surface area contributed by atoms with E-state index in [9.17, 15) is 4.79 Å². The average Bonchev–Trinajstić information content (AvgIpc) is 2.76. The Morgan fingerprint density at radius 2 is 1.80 bits per heavy atom. The van der Waals surface area contributed by atoms with Crippen molar-refractivity contribution in [1.82, 2.24) is 5.32 Å². The number of hydrogen-bond donors (Lipinski definition) is 1. The van der Waals surface area contributed by atoms with Crippen molar-refractivity contribution in [3.63, 3.8) is 0 Å². The summed E-state index contributed by atoms with van der Waals surface area (Å²) < 4.78 is 0. The number of carbonyl (C=O) groups is 1. The van der Waals surface area contributed by atoms with Gasteiger partial charge in [-0.2, -0.15) is 0 Å². The molecular formula is C20H19ClN2OS. The van der Waals surface area contributed by atoms with Gasteiger partial charge in [-0.1, -0.05) is 68.0 Å². The summed E-state index contributed by atoms with van der Waals surface area (Å²) in [6.45, 7) is 4.30. The van der Waals surface area contributed by atoms with Gasteiger partial charge in [0.25, 0.3) is 5.91 Å². The lowest BCUT2D eigenvalue weighted by atomic mass is 9.84. The number of nitrogens with zero attached hydrogens (tertiary/aromatic N) is 1. The second-order valence-corrected chi connectivity index (χ2v) is 7.38. The Morgan fingerprint density at radius 1 is 1.16 bits per heavy atom. The third-order valence-corrected chi connectivity index (χ3v) is 5.11. The van der Waals surface area contributed by atoms with Crippen LogP contribution in [0.3, 0.4) is 0 Å². The molecule has 3 rings (SSSR count). The zero-order valence-corrected chi connectivity index (χ0v) is 15.9. The normalized spacial score (nSPS) is 16.6. The SMILES string of the molecule is CN1C(=CC(=S)NC(=O)c2ccccc2Cl)C(C)(C)c2ccccc21. The summed E-state index contributed by atoms with van der Waals surface area (Å²) in [6.07, 6.45) is 1.85. The molecule has 0 bridgehead atoms. The number of halogens is 1. The van der Waals surface area contributed by atoms with Gasteiger partial charge in [0.05, 0.1) is 10.6 Å². The Labute approximate surface area is 158 Å². The van der Waals surface area contributed by atoms with Gasteiger partial charge < -0.3 is 10.2 Å². The molecule has 0 saturated carbocycles. The van der Waals surface area contributed by atoms with Crippen LogP contribution in [0.5, 0.6) is 0 Å². The highest BCUT2D eigenvalue weighted by atomic mass is 35.5. The molecule has 1 aliphatic heterocycles. The van der Waals surface area contributed by atoms with Crippen molar-refractivity contribution >= 4 is 40.4 Å². The Kier molecular flexibility index (Phi) is 4.67. The number of likely N-dealkylation sites (N-methyl/N-ethyl adjacent to an activating group) is 1. The zero-order chi connectivity index (χ0) is 18.2. The monoisotopic (exact) mass is 370 g/mol. The zero-order valence-electron chi connectivity index (χ0n) is 14.3. The first-order valence-corrected chi connectivity index (χ1v) is 8.76. The van der Waals surface area contributed by atoms with Crippen molar-refractivity contribution in [2.75, 3.05) is 11.9 Å². The fourth-order valence-electron chi connectivity index (χ4n) is 3.24. The van der Waals surface area contributed by atoms with Crippen LogP contribution >= 0.6 is 23.8 Å². The number of rotatable bonds is 2. The predicted molar refractivity (Wildman–Crippen MR) is 107 cm³/mol. The maximum absolute atomic E-state index is 12.4. The van der Waals surface area contributed by atoms with Gasteiger partial charge in [0.2, 0.25) is 0 Å². The lowest BCUT2D eigenvalue weighted by Crippen LogP contribution is -2.31. The summed E-state index contributed by atoms with van der Waals surface area (Å²) in [4.78, 5) is 14.9. The summed E-state index contributed by atoms with van der Waals surface area (Å²) >= 11 is 11.5. The van der Waals surface area contributed by atoms with Crippen LogP contribution in [0.4, 0.5) is 5.69 Å². The highest BCUT2D eigenvalue weighted by Crippen LogP contribution is 2.46. The van der Waals surface area contributed by atoms with Crippen LogP contribution < -0.4 is 10.2 Å². The number of benzene rings is 2. The average molecular weight is 371 g/mol. The molecular weight excluding hydrogens is 352 g/mol. The van der Waals surface area contributed by atoms with Gasteiger partial charge in [-0.05, 0) is 29.8 Å². The van der Waals surface area contributed by atoms with Crippen molar-refractivity contribution in [2.45, 2.75) is 19.3 Å². The van der Waals surface area contributed by atoms with Gasteiger partial charge in [0.1, 0.15) is 4.99 Å². The number of thiocarbonyl (C=S) groups is 1. The fourth-order valence-corrected chi connectivity index (χ4v) is 3.67. The molecule has 2 aromatic rings. The lowest BCUT2D eigenvalue weighted by Gasteiger charge is -2.24. The van der Waals surface area contributed by atoms with Crippen molar-refractivity contribution < 1.29 is 4.79 Å². The van der Waals surface area contributed by atoms with Crippen LogP contribution in [0.1, 0.15) is 29.8 Å². The molecule has 0 atom stereocenters. The maximum Gasteiger partial charge on any atom is 0.257 e. The third kappa shape index (κ3) is 3.20. The number of hydrogen-bond acceptors (Lipinski definition) is 3. The van der Waals surface area contributed by atoms with Crippen LogP contribution in [0, 0.1) is 0 Å². The minimum atomic E-state index is -0.302. The number of amides is 1. The van der Waals surface area contributed by atoms with E-state index < -0.39 is 0 Å². The minimum Gasteiger partial charge on any atom is -0.347 e. The molecule has 0 aromatic heterocycles. The largest absolute Gasteiger partial charge is 0.347 e. The number of para-hydroxylation sites is 1. The molecule has 5 heteroatoms. The highest BCUT2D eigenvalue weighted by molar-refractivity contribution is 7.80. The van der Waals surface area contributed by atoms with Gasteiger partial charge >= 0.3 is 0 Å². The number of carbonyl (C=O) groups excluding carboxylic acids is 1. The van der Waals surface area contributed by atoms with E-state index in [1.807, 2.05) is 25.3 Å². The van der Waals surface area contributed by atoms with Gasteiger partial charge in [-0.3, -0.25) is 4.79 Å². The summed E-state index contributed by atoms with van der Waals surface area (Å²) in [5.41, 5.74) is 3.65. The van der Waals surface area contributed by atoms with E-state index in [2.05, 4.69) is 36.2 Å². The molecule has 1 aliphatic rings. The topological polar surface area (TPSA) is 32.3 Å². The first kappa shape index (κ1) is 17.6. The summed E-state index contributed by atoms with van der Waals surface area (Å²) in [5, 5.41) is 3.16. The number of allylic oxidation sites excluding steroid dienone is 1. The Morgan fingerprint density at radius 3 is 2.48 bits per heavy atom. The summed E-state index contributed by atoms with van der Waals surface area (Å²) in [7, 11) is 2.01. The van der Waals surface area contributed by atoms with Crippen molar-refractivity contribution in [3.05, 3.63) is 76.5 Å². The van der Waals surface area contributed by atoms with E-state index in [4.69, 9.17) is 23.8 Å². The van der Waals surface area contributed by atoms with E-state index in [1.165, 1.54) is 5.56 Å². The second kappa shape index (κ2) is 6.62. The molecule has 25 heavy (non-hydrogen) atoms. The lowest BCUT2D eigenvalue weighted by molar-refractivity contribution is 0.0978. The highest BCUT2D eigenvalue weighted by Gasteiger charge is 2.38. The molecule has 128 valence electrons. The van der Waals surface area contributed by atoms with Crippen molar-refractivity contribution in [3.8, 4) is 0 Å². The number of anilines is 1. The smallest absolute Gasteiger partial charge is 0.257 e. The predicted octanol–water partition coefficient (Wildman–Crippen LogP) is 4.71. The minimum absolute atomic E-state index is 0.190. The van der Waals surface area contributed by atoms with Crippen LogP contribution in [0.2, 0.25) is 5.02 Å². The van der Waals surface area contributed by atoms with Crippen LogP contribution in [0.15, 0.2) is 60.3 Å². The second-order valence-electron chi connectivity index (χ2n) is 6.53. The molecule has 1 amide bonds. The summed E-state index contributed by atoms with van der Waals surface area (Å²) in [6, 6.07) is 15.2. The fraction of sp³-hybridized carbons (Fsp3) is 0.200. The number of nitrogens with one attached hydrogen (secondary N) is 1. The van der Waals surface area contributed by atoms with E-state index >= 15 is 0 Å². The van der Waals surface area contributed by atoms with E-state index in [0.717, 1.165) is 11.4 Å². The molecule has 0 aliphatic carbocycles. The Bertz CT molecular complexity index is 889. The Balaban J connectivity index is 1.85. The molecule has 0 radical (unpaired) electrons. The van der Waals surface area contributed by atoms with E-state index in [-0.39, 0.29) is 11.3 Å². The van der Waals surface area contributed by atoms with E-state index in [0.29, 0.717) is 15.6 Å². The van der Waals surface area contributed by atoms with Gasteiger partial charge in [0, 0.05) is 23.8 Å². The molecule has 2 aromatic carbocycles. The van der Waals surface area contributed by atoms with Crippen molar-refractivity contribution in [1.29, 1.82) is 0 Å². The first-order valence-electron chi connectivity index (χ1n) is 7.97. The van der Waals surface area contributed by atoms with Gasteiger partial charge in [0.15, 0.2) is 0 Å². The molecule has 0 spiro atoms. The standard InChI is InChI=1S/C20H19ClN2OS/c1-20(2)14-9-5-7-11-16(14)23(3)17(20)12-18(25)22-19(24)13-8-4-6-10-15(13)21/h4-12H,1-3H3,(H,22,24,25). The summed E-state index contributed by atoms with van der Waals surface area (Å²) in [5.74, 6) is -0.302. The van der Waals surface area contributed by atoms with E-state index in [1.54, 1.807) is 24.3 Å². The van der Waals surface area contributed by atoms with Crippen LogP contribution in [0.25, 0.3) is 0 Å². The first-order chi connectivity index (χ1) is 11.8. The van der Waals surface area contributed by atoms with Gasteiger partial charge in [-0.15, -0.1) is 0 Å². The van der Waals surface area contributed by atoms with Crippen LogP contribution in [-0.2, 0) is 5.41 Å². The Hall–Kier alpha value is -2.17. The van der Waals surface area contributed by atoms with Crippen molar-refractivity contribution in [2.24, 2.45) is 0 Å². The molecule has 0 fully saturated rings. The quantitative estimate of drug-likeness (QED) is 0.613. The molecule has 1 N–H and O–H groups in total. The third-order valence-electron chi connectivity index (χ3n) is 4.56. The van der Waals surface area contributed by atoms with Gasteiger partial charge in [-0.25, -0.2) is 0 Å². The number of fused-ring (bicyclic) bond motifs is 1. The molecule has 3 nitrogen and oxygen atoms in total. The molecule has 0 saturated heterocycles. The maximum atomic E-state index is 12.4. The molecule has 0 unspecified atom stereocenters. The molecule has 1 heterocycles. The van der Waals surface area contributed by atoms with Crippen LogP contribution in [-0.4, -0.2) is 17.9 Å².